The Morgan fingerprint density at radius 3 is 2.88 bits per heavy atom. The maximum absolute atomic E-state index is 5.04. The van der Waals surface area contributed by atoms with Crippen LogP contribution in [-0.2, 0) is 0 Å². The van der Waals surface area contributed by atoms with E-state index in [0.717, 1.165) is 19.4 Å². The number of hydrogen-bond donors (Lipinski definition) is 2. The van der Waals surface area contributed by atoms with E-state index < -0.39 is 0 Å². The van der Waals surface area contributed by atoms with Gasteiger partial charge >= 0.3 is 0 Å². The Balaban J connectivity index is 2.72. The molecular formula is C6H14N2. The molecule has 0 saturated heterocycles. The van der Waals surface area contributed by atoms with Crippen LogP contribution in [-0.4, -0.2) is 6.54 Å². The van der Waals surface area contributed by atoms with Crippen molar-refractivity contribution in [2.75, 3.05) is 6.54 Å². The summed E-state index contributed by atoms with van der Waals surface area (Å²) in [4.78, 5) is 0. The van der Waals surface area contributed by atoms with Crippen molar-refractivity contribution in [1.29, 1.82) is 0 Å². The van der Waals surface area contributed by atoms with E-state index in [1.54, 1.807) is 0 Å². The van der Waals surface area contributed by atoms with E-state index in [9.17, 15) is 0 Å². The Morgan fingerprint density at radius 2 is 2.38 bits per heavy atom. The second kappa shape index (κ2) is 6.66. The van der Waals surface area contributed by atoms with Crippen LogP contribution in [0.2, 0.25) is 0 Å². The van der Waals surface area contributed by atoms with E-state index in [-0.39, 0.29) is 0 Å². The molecule has 48 valence electrons. The fourth-order valence-corrected chi connectivity index (χ4v) is 0.489. The van der Waals surface area contributed by atoms with Crippen molar-refractivity contribution in [3.05, 3.63) is 12.2 Å². The lowest BCUT2D eigenvalue weighted by Gasteiger charge is -1.91. The first-order valence-electron chi connectivity index (χ1n) is 2.96. The molecule has 0 bridgehead atoms. The molecule has 0 aromatic carbocycles. The summed E-state index contributed by atoms with van der Waals surface area (Å²) in [6.07, 6.45) is 6.44. The third-order valence-corrected chi connectivity index (χ3v) is 0.928. The zero-order chi connectivity index (χ0) is 6.24. The molecule has 0 spiro atoms. The first-order chi connectivity index (χ1) is 3.91. The molecule has 0 saturated carbocycles. The molecule has 0 aliphatic heterocycles. The van der Waals surface area contributed by atoms with E-state index in [1.807, 2.05) is 6.92 Å². The van der Waals surface area contributed by atoms with Gasteiger partial charge in [-0.05, 0) is 19.8 Å². The van der Waals surface area contributed by atoms with Crippen molar-refractivity contribution in [2.24, 2.45) is 5.84 Å². The molecule has 0 unspecified atom stereocenters. The molecule has 8 heavy (non-hydrogen) atoms. The number of nitrogens with two attached hydrogens (primary N) is 1. The second-order valence-corrected chi connectivity index (χ2v) is 1.67. The van der Waals surface area contributed by atoms with Gasteiger partial charge < -0.3 is 0 Å². The molecule has 0 radical (unpaired) electrons. The highest BCUT2D eigenvalue weighted by Crippen LogP contribution is 1.86. The number of nitrogens with one attached hydrogen (secondary N) is 1. The maximum Gasteiger partial charge on any atom is 0.0100 e. The summed E-state index contributed by atoms with van der Waals surface area (Å²) in [5.41, 5.74) is 2.59. The molecule has 0 amide bonds. The van der Waals surface area contributed by atoms with Gasteiger partial charge in [-0.3, -0.25) is 11.3 Å². The van der Waals surface area contributed by atoms with Crippen LogP contribution in [0, 0.1) is 0 Å². The van der Waals surface area contributed by atoms with E-state index in [0.29, 0.717) is 0 Å². The van der Waals surface area contributed by atoms with Crippen LogP contribution >= 0.6 is 0 Å². The molecule has 0 atom stereocenters. The highest BCUT2D eigenvalue weighted by atomic mass is 15.2. The molecular weight excluding hydrogens is 100 g/mol. The van der Waals surface area contributed by atoms with Crippen LogP contribution in [0.25, 0.3) is 0 Å². The molecule has 0 aliphatic rings. The van der Waals surface area contributed by atoms with E-state index in [2.05, 4.69) is 17.6 Å². The molecule has 0 fully saturated rings. The SMILES string of the molecule is CC=CCCCNN. The molecule has 2 heteroatoms. The largest absolute Gasteiger partial charge is 0.271 e. The molecule has 0 aliphatic carbocycles. The monoisotopic (exact) mass is 114 g/mol. The van der Waals surface area contributed by atoms with Crippen LogP contribution < -0.4 is 11.3 Å². The third-order valence-electron chi connectivity index (χ3n) is 0.928. The first kappa shape index (κ1) is 7.66. The zero-order valence-corrected chi connectivity index (χ0v) is 5.35. The fraction of sp³-hybridized carbons (Fsp3) is 0.667. The summed E-state index contributed by atoms with van der Waals surface area (Å²) in [7, 11) is 0. The molecule has 0 aromatic rings. The van der Waals surface area contributed by atoms with Gasteiger partial charge in [-0.15, -0.1) is 0 Å². The molecule has 2 nitrogen and oxygen atoms in total. The van der Waals surface area contributed by atoms with Gasteiger partial charge in [0, 0.05) is 6.54 Å². The predicted octanol–water partition coefficient (Wildman–Crippen LogP) is 0.806. The normalized spacial score (nSPS) is 10.8. The molecule has 0 aromatic heterocycles. The highest BCUT2D eigenvalue weighted by molar-refractivity contribution is 4.76. The van der Waals surface area contributed by atoms with Crippen molar-refractivity contribution >= 4 is 0 Å². The topological polar surface area (TPSA) is 38.0 Å². The van der Waals surface area contributed by atoms with Crippen LogP contribution in [0.1, 0.15) is 19.8 Å². The second-order valence-electron chi connectivity index (χ2n) is 1.67. The number of unbranched alkanes of at least 4 members (excludes halogenated alkanes) is 1. The summed E-state index contributed by atoms with van der Waals surface area (Å²) < 4.78 is 0. The van der Waals surface area contributed by atoms with Gasteiger partial charge in [0.25, 0.3) is 0 Å². The van der Waals surface area contributed by atoms with E-state index >= 15 is 0 Å². The Hall–Kier alpha value is -0.340. The standard InChI is InChI=1S/C6H14N2/c1-2-3-4-5-6-8-7/h2-3,8H,4-7H2,1H3. The summed E-state index contributed by atoms with van der Waals surface area (Å²) >= 11 is 0. The van der Waals surface area contributed by atoms with Gasteiger partial charge in [0.15, 0.2) is 0 Å². The van der Waals surface area contributed by atoms with Crippen molar-refractivity contribution < 1.29 is 0 Å². The average Bonchev–Trinajstić information content (AvgIpc) is 1.81. The number of hydrogen-bond acceptors (Lipinski definition) is 2. The van der Waals surface area contributed by atoms with Crippen molar-refractivity contribution in [3.8, 4) is 0 Å². The summed E-state index contributed by atoms with van der Waals surface area (Å²) in [6.45, 7) is 2.93. The van der Waals surface area contributed by atoms with Crippen molar-refractivity contribution in [3.63, 3.8) is 0 Å². The molecule has 0 rings (SSSR count). The zero-order valence-electron chi connectivity index (χ0n) is 5.35. The third kappa shape index (κ3) is 5.66. The molecule has 3 N–H and O–H groups in total. The van der Waals surface area contributed by atoms with Gasteiger partial charge in [0.05, 0.1) is 0 Å². The minimum atomic E-state index is 0.907. The van der Waals surface area contributed by atoms with E-state index in [1.165, 1.54) is 0 Å². The summed E-state index contributed by atoms with van der Waals surface area (Å²) in [6, 6.07) is 0. The van der Waals surface area contributed by atoms with Gasteiger partial charge in [0.2, 0.25) is 0 Å². The Bertz CT molecular complexity index is 59.5. The quantitative estimate of drug-likeness (QED) is 0.245. The van der Waals surface area contributed by atoms with Gasteiger partial charge in [-0.25, -0.2) is 0 Å². The number of rotatable bonds is 4. The summed E-state index contributed by atoms with van der Waals surface area (Å²) in [5.74, 6) is 5.04. The average molecular weight is 114 g/mol. The van der Waals surface area contributed by atoms with Crippen molar-refractivity contribution in [2.45, 2.75) is 19.8 Å². The fourth-order valence-electron chi connectivity index (χ4n) is 0.489. The Morgan fingerprint density at radius 1 is 1.62 bits per heavy atom. The van der Waals surface area contributed by atoms with E-state index in [4.69, 9.17) is 5.84 Å². The lowest BCUT2D eigenvalue weighted by atomic mass is 10.3. The number of hydrazine groups is 1. The first-order valence-corrected chi connectivity index (χ1v) is 2.96. The number of allylic oxidation sites excluding steroid dienone is 2. The summed E-state index contributed by atoms with van der Waals surface area (Å²) in [5, 5.41) is 0. The smallest absolute Gasteiger partial charge is 0.0100 e. The highest BCUT2D eigenvalue weighted by Gasteiger charge is 1.77. The lowest BCUT2D eigenvalue weighted by molar-refractivity contribution is 0.687. The van der Waals surface area contributed by atoms with Gasteiger partial charge in [0.1, 0.15) is 0 Å². The van der Waals surface area contributed by atoms with Crippen LogP contribution in [0.3, 0.4) is 0 Å². The van der Waals surface area contributed by atoms with Crippen LogP contribution in [0.4, 0.5) is 0 Å². The van der Waals surface area contributed by atoms with Gasteiger partial charge in [-0.1, -0.05) is 12.2 Å². The maximum atomic E-state index is 5.04. The minimum Gasteiger partial charge on any atom is -0.271 e. The Kier molecular flexibility index (Phi) is 6.38. The lowest BCUT2D eigenvalue weighted by Crippen LogP contribution is -2.22. The Labute approximate surface area is 50.7 Å². The van der Waals surface area contributed by atoms with Crippen molar-refractivity contribution in [1.82, 2.24) is 5.43 Å². The van der Waals surface area contributed by atoms with Crippen LogP contribution in [0.5, 0.6) is 0 Å². The van der Waals surface area contributed by atoms with Crippen LogP contribution in [0.15, 0.2) is 12.2 Å². The minimum absolute atomic E-state index is 0.907. The van der Waals surface area contributed by atoms with Gasteiger partial charge in [-0.2, -0.15) is 0 Å². The predicted molar refractivity (Wildman–Crippen MR) is 36.2 cm³/mol. The molecule has 0 heterocycles.